The number of nitrogens with one attached hydrogen (secondary N) is 1. The molecule has 4 aromatic rings. The summed E-state index contributed by atoms with van der Waals surface area (Å²) in [6, 6.07) is 19.4. The van der Waals surface area contributed by atoms with Gasteiger partial charge >= 0.3 is 0 Å². The van der Waals surface area contributed by atoms with Crippen molar-refractivity contribution in [2.24, 2.45) is 0 Å². The molecule has 0 saturated carbocycles. The summed E-state index contributed by atoms with van der Waals surface area (Å²) in [5.74, 6) is 0.679. The molecule has 0 aliphatic carbocycles. The lowest BCUT2D eigenvalue weighted by molar-refractivity contribution is 0.102. The van der Waals surface area contributed by atoms with E-state index >= 15 is 0 Å². The van der Waals surface area contributed by atoms with Gasteiger partial charge in [0, 0.05) is 23.0 Å². The summed E-state index contributed by atoms with van der Waals surface area (Å²) in [4.78, 5) is 17.5. The maximum atomic E-state index is 12.7. The number of anilines is 1. The number of amides is 1. The van der Waals surface area contributed by atoms with Crippen molar-refractivity contribution in [3.63, 3.8) is 0 Å². The van der Waals surface area contributed by atoms with E-state index in [2.05, 4.69) is 26.1 Å². The van der Waals surface area contributed by atoms with Crippen molar-refractivity contribution in [1.29, 1.82) is 0 Å². The molecule has 5 heteroatoms. The fourth-order valence-electron chi connectivity index (χ4n) is 3.58. The van der Waals surface area contributed by atoms with Crippen molar-refractivity contribution in [2.75, 3.05) is 12.4 Å². The first kappa shape index (κ1) is 20.7. The average Bonchev–Trinajstić information content (AvgIpc) is 3.09. The van der Waals surface area contributed by atoms with Crippen molar-refractivity contribution in [2.45, 2.75) is 33.1 Å². The third kappa shape index (κ3) is 4.17. The Morgan fingerprint density at radius 3 is 2.26 bits per heavy atom. The summed E-state index contributed by atoms with van der Waals surface area (Å²) in [6.45, 7) is 8.50. The number of aromatic nitrogens is 2. The highest BCUT2D eigenvalue weighted by Crippen LogP contribution is 2.27. The zero-order valence-electron chi connectivity index (χ0n) is 18.6. The third-order valence-corrected chi connectivity index (χ3v) is 5.49. The van der Waals surface area contributed by atoms with Crippen LogP contribution in [0.2, 0.25) is 0 Å². The molecule has 0 unspecified atom stereocenters. The molecule has 0 aliphatic heterocycles. The number of nitrogens with zero attached hydrogens (tertiary/aromatic N) is 2. The number of fused-ring (bicyclic) bond motifs is 1. The van der Waals surface area contributed by atoms with Gasteiger partial charge in [0.05, 0.1) is 18.5 Å². The van der Waals surface area contributed by atoms with Crippen LogP contribution in [0, 0.1) is 6.92 Å². The number of ether oxygens (including phenoxy) is 1. The molecule has 0 bridgehead atoms. The van der Waals surface area contributed by atoms with E-state index in [-0.39, 0.29) is 11.3 Å². The molecule has 158 valence electrons. The summed E-state index contributed by atoms with van der Waals surface area (Å²) in [6.07, 6.45) is 1.91. The second-order valence-corrected chi connectivity index (χ2v) is 8.70. The Kier molecular flexibility index (Phi) is 5.27. The number of methoxy groups -OCH3 is 1. The second-order valence-electron chi connectivity index (χ2n) is 8.70. The molecule has 1 N–H and O–H groups in total. The standard InChI is InChI=1S/C26H27N3O2/c1-17-24(18-8-13-22(31-5)14-9-18)28-23-15-12-21(16-29(17)23)27-25(30)19-6-10-20(11-7-19)26(2,3)4/h6-16H,1-5H3,(H,27,30). The van der Waals surface area contributed by atoms with Gasteiger partial charge in [0.15, 0.2) is 0 Å². The van der Waals surface area contributed by atoms with E-state index < -0.39 is 0 Å². The quantitative estimate of drug-likeness (QED) is 0.455. The van der Waals surface area contributed by atoms with Gasteiger partial charge in [-0.25, -0.2) is 4.98 Å². The molecule has 0 atom stereocenters. The van der Waals surface area contributed by atoms with Crippen LogP contribution < -0.4 is 10.1 Å². The van der Waals surface area contributed by atoms with Crippen molar-refractivity contribution in [3.8, 4) is 17.0 Å². The van der Waals surface area contributed by atoms with Gasteiger partial charge in [0.2, 0.25) is 0 Å². The van der Waals surface area contributed by atoms with Gasteiger partial charge < -0.3 is 14.5 Å². The van der Waals surface area contributed by atoms with Gasteiger partial charge in [0.25, 0.3) is 5.91 Å². The predicted octanol–water partition coefficient (Wildman–Crippen LogP) is 5.87. The Morgan fingerprint density at radius 1 is 0.968 bits per heavy atom. The minimum atomic E-state index is -0.132. The molecular weight excluding hydrogens is 386 g/mol. The van der Waals surface area contributed by atoms with Gasteiger partial charge in [-0.15, -0.1) is 0 Å². The first-order valence-corrected chi connectivity index (χ1v) is 10.3. The second kappa shape index (κ2) is 7.91. The number of benzene rings is 2. The van der Waals surface area contributed by atoms with E-state index in [1.54, 1.807) is 7.11 Å². The van der Waals surface area contributed by atoms with Crippen LogP contribution in [0.1, 0.15) is 42.4 Å². The third-order valence-electron chi connectivity index (χ3n) is 5.49. The van der Waals surface area contributed by atoms with Crippen molar-refractivity contribution in [3.05, 3.63) is 83.7 Å². The highest BCUT2D eigenvalue weighted by molar-refractivity contribution is 6.04. The van der Waals surface area contributed by atoms with Crippen LogP contribution in [0.15, 0.2) is 66.9 Å². The van der Waals surface area contributed by atoms with Crippen molar-refractivity contribution < 1.29 is 9.53 Å². The highest BCUT2D eigenvalue weighted by atomic mass is 16.5. The van der Waals surface area contributed by atoms with E-state index in [1.807, 2.05) is 78.2 Å². The lowest BCUT2D eigenvalue weighted by Crippen LogP contribution is -2.14. The molecule has 2 aromatic heterocycles. The van der Waals surface area contributed by atoms with Crippen LogP contribution in [-0.4, -0.2) is 22.4 Å². The fraction of sp³-hybridized carbons (Fsp3) is 0.231. The van der Waals surface area contributed by atoms with Crippen LogP contribution in [-0.2, 0) is 5.41 Å². The number of imidazole rings is 1. The summed E-state index contributed by atoms with van der Waals surface area (Å²) in [5, 5.41) is 3.00. The van der Waals surface area contributed by atoms with Gasteiger partial charge in [-0.05, 0) is 66.4 Å². The first-order valence-electron chi connectivity index (χ1n) is 10.3. The zero-order chi connectivity index (χ0) is 22.2. The zero-order valence-corrected chi connectivity index (χ0v) is 18.6. The summed E-state index contributed by atoms with van der Waals surface area (Å²) in [5.41, 5.74) is 6.37. The summed E-state index contributed by atoms with van der Waals surface area (Å²) < 4.78 is 7.24. The molecule has 0 radical (unpaired) electrons. The first-order chi connectivity index (χ1) is 14.8. The minimum Gasteiger partial charge on any atom is -0.497 e. The SMILES string of the molecule is COc1ccc(-c2nc3ccc(NC(=O)c4ccc(C(C)(C)C)cc4)cn3c2C)cc1. The lowest BCUT2D eigenvalue weighted by Gasteiger charge is -2.19. The molecule has 0 saturated heterocycles. The number of carbonyl (C=O) groups is 1. The van der Waals surface area contributed by atoms with E-state index in [4.69, 9.17) is 9.72 Å². The van der Waals surface area contributed by atoms with Gasteiger partial charge in [-0.2, -0.15) is 0 Å². The molecular formula is C26H27N3O2. The maximum absolute atomic E-state index is 12.7. The van der Waals surface area contributed by atoms with Crippen molar-refractivity contribution in [1.82, 2.24) is 9.38 Å². The monoisotopic (exact) mass is 413 g/mol. The van der Waals surface area contributed by atoms with Gasteiger partial charge in [-0.3, -0.25) is 4.79 Å². The maximum Gasteiger partial charge on any atom is 0.255 e. The molecule has 2 heterocycles. The molecule has 1 amide bonds. The predicted molar refractivity (Wildman–Crippen MR) is 125 cm³/mol. The van der Waals surface area contributed by atoms with Crippen LogP contribution in [0.25, 0.3) is 16.9 Å². The molecule has 0 spiro atoms. The summed E-state index contributed by atoms with van der Waals surface area (Å²) >= 11 is 0. The Hall–Kier alpha value is -3.60. The number of carbonyl (C=O) groups excluding carboxylic acids is 1. The largest absolute Gasteiger partial charge is 0.497 e. The number of pyridine rings is 1. The van der Waals surface area contributed by atoms with E-state index in [0.29, 0.717) is 5.56 Å². The molecule has 0 aliphatic rings. The molecule has 5 nitrogen and oxygen atoms in total. The molecule has 0 fully saturated rings. The average molecular weight is 414 g/mol. The van der Waals surface area contributed by atoms with E-state index in [9.17, 15) is 4.79 Å². The Morgan fingerprint density at radius 2 is 1.65 bits per heavy atom. The molecule has 2 aromatic carbocycles. The molecule has 4 rings (SSSR count). The Labute approximate surface area is 182 Å². The van der Waals surface area contributed by atoms with E-state index in [0.717, 1.165) is 34.0 Å². The smallest absolute Gasteiger partial charge is 0.255 e. The topological polar surface area (TPSA) is 55.6 Å². The van der Waals surface area contributed by atoms with Crippen LogP contribution in [0.5, 0.6) is 5.75 Å². The van der Waals surface area contributed by atoms with Crippen molar-refractivity contribution >= 4 is 17.2 Å². The van der Waals surface area contributed by atoms with E-state index in [1.165, 1.54) is 5.56 Å². The summed E-state index contributed by atoms with van der Waals surface area (Å²) in [7, 11) is 1.65. The normalized spacial score (nSPS) is 11.5. The molecule has 31 heavy (non-hydrogen) atoms. The number of aryl methyl sites for hydroxylation is 1. The van der Waals surface area contributed by atoms with Crippen LogP contribution >= 0.6 is 0 Å². The number of hydrogen-bond acceptors (Lipinski definition) is 3. The van der Waals surface area contributed by atoms with Crippen LogP contribution in [0.3, 0.4) is 0 Å². The Bertz CT molecular complexity index is 1230. The highest BCUT2D eigenvalue weighted by Gasteiger charge is 2.15. The van der Waals surface area contributed by atoms with Gasteiger partial charge in [0.1, 0.15) is 11.4 Å². The van der Waals surface area contributed by atoms with Crippen LogP contribution in [0.4, 0.5) is 5.69 Å². The Balaban J connectivity index is 1.59. The number of rotatable bonds is 4. The fourth-order valence-corrected chi connectivity index (χ4v) is 3.58. The lowest BCUT2D eigenvalue weighted by atomic mass is 9.87. The number of hydrogen-bond donors (Lipinski definition) is 1. The van der Waals surface area contributed by atoms with Gasteiger partial charge in [-0.1, -0.05) is 32.9 Å². The minimum absolute atomic E-state index is 0.0561.